The van der Waals surface area contributed by atoms with Crippen molar-refractivity contribution in [2.24, 2.45) is 0 Å². The maximum absolute atomic E-state index is 6.02. The molecule has 6 nitrogen and oxygen atoms in total. The van der Waals surface area contributed by atoms with E-state index in [4.69, 9.17) is 14.0 Å². The summed E-state index contributed by atoms with van der Waals surface area (Å²) >= 11 is 0. The Morgan fingerprint density at radius 3 is 2.89 bits per heavy atom. The van der Waals surface area contributed by atoms with Gasteiger partial charge in [-0.15, -0.1) is 0 Å². The van der Waals surface area contributed by atoms with Gasteiger partial charge in [-0.25, -0.2) is 0 Å². The van der Waals surface area contributed by atoms with Crippen LogP contribution in [-0.2, 0) is 16.0 Å². The van der Waals surface area contributed by atoms with Crippen LogP contribution in [-0.4, -0.2) is 41.6 Å². The third-order valence-corrected chi connectivity index (χ3v) is 4.02. The smallest absolute Gasteiger partial charge is 0.223 e. The molecule has 6 heteroatoms. The molecule has 1 atom stereocenters. The molecule has 1 aromatic heterocycles. The second kappa shape index (κ2) is 5.56. The van der Waals surface area contributed by atoms with Gasteiger partial charge in [-0.05, 0) is 25.7 Å². The first-order chi connectivity index (χ1) is 9.26. The van der Waals surface area contributed by atoms with Gasteiger partial charge in [0.1, 0.15) is 0 Å². The Morgan fingerprint density at radius 1 is 1.32 bits per heavy atom. The molecule has 106 valence electrons. The number of nitrogens with zero attached hydrogens (tertiary/aromatic N) is 2. The highest BCUT2D eigenvalue weighted by atomic mass is 16.5. The summed E-state index contributed by atoms with van der Waals surface area (Å²) in [5.41, 5.74) is 0.0291. The predicted molar refractivity (Wildman–Crippen MR) is 67.6 cm³/mol. The van der Waals surface area contributed by atoms with Crippen LogP contribution < -0.4 is 5.32 Å². The monoisotopic (exact) mass is 267 g/mol. The minimum atomic E-state index is 0.0291. The van der Waals surface area contributed by atoms with Gasteiger partial charge in [0.05, 0.1) is 12.1 Å². The van der Waals surface area contributed by atoms with E-state index in [1.807, 2.05) is 6.92 Å². The topological polar surface area (TPSA) is 69.4 Å². The summed E-state index contributed by atoms with van der Waals surface area (Å²) in [6.07, 6.45) is 4.10. The predicted octanol–water partition coefficient (Wildman–Crippen LogP) is 1.20. The van der Waals surface area contributed by atoms with Gasteiger partial charge in [0.15, 0.2) is 5.82 Å². The third kappa shape index (κ3) is 3.13. The molecule has 3 rings (SSSR count). The summed E-state index contributed by atoms with van der Waals surface area (Å²) in [6.45, 7) is 4.92. The number of aryl methyl sites for hydroxylation is 1. The van der Waals surface area contributed by atoms with E-state index in [1.54, 1.807) is 0 Å². The zero-order valence-corrected chi connectivity index (χ0v) is 11.4. The number of aromatic nitrogens is 2. The molecule has 0 bridgehead atoms. The van der Waals surface area contributed by atoms with Crippen LogP contribution in [0.25, 0.3) is 0 Å². The van der Waals surface area contributed by atoms with Gasteiger partial charge in [0.25, 0.3) is 0 Å². The fourth-order valence-corrected chi connectivity index (χ4v) is 2.94. The van der Waals surface area contributed by atoms with Crippen LogP contribution in [0.4, 0.5) is 0 Å². The van der Waals surface area contributed by atoms with E-state index in [9.17, 15) is 0 Å². The number of hydrogen-bond acceptors (Lipinski definition) is 6. The molecule has 3 heterocycles. The Bertz CT molecular complexity index is 410. The first kappa shape index (κ1) is 13.0. The molecule has 0 saturated carbocycles. The second-order valence-electron chi connectivity index (χ2n) is 5.44. The van der Waals surface area contributed by atoms with Crippen molar-refractivity contribution in [3.63, 3.8) is 0 Å². The van der Waals surface area contributed by atoms with Crippen molar-refractivity contribution in [1.82, 2.24) is 15.5 Å². The summed E-state index contributed by atoms with van der Waals surface area (Å²) in [4.78, 5) is 4.21. The molecule has 0 aliphatic carbocycles. The van der Waals surface area contributed by atoms with Crippen molar-refractivity contribution in [2.45, 2.75) is 50.8 Å². The molecule has 2 aliphatic heterocycles. The first-order valence-electron chi connectivity index (χ1n) is 7.00. The van der Waals surface area contributed by atoms with Crippen LogP contribution in [0.3, 0.4) is 0 Å². The van der Waals surface area contributed by atoms with Crippen molar-refractivity contribution in [3.8, 4) is 0 Å². The Kier molecular flexibility index (Phi) is 3.81. The molecule has 2 fully saturated rings. The van der Waals surface area contributed by atoms with Crippen molar-refractivity contribution in [2.75, 3.05) is 19.8 Å². The van der Waals surface area contributed by atoms with E-state index >= 15 is 0 Å². The third-order valence-electron chi connectivity index (χ3n) is 4.02. The van der Waals surface area contributed by atoms with Gasteiger partial charge in [-0.3, -0.25) is 0 Å². The van der Waals surface area contributed by atoms with Crippen molar-refractivity contribution < 1.29 is 14.0 Å². The van der Waals surface area contributed by atoms with Gasteiger partial charge in [0, 0.05) is 32.8 Å². The van der Waals surface area contributed by atoms with E-state index in [2.05, 4.69) is 15.5 Å². The summed E-state index contributed by atoms with van der Waals surface area (Å²) in [5, 5.41) is 7.42. The van der Waals surface area contributed by atoms with Gasteiger partial charge in [-0.1, -0.05) is 5.16 Å². The average molecular weight is 267 g/mol. The highest BCUT2D eigenvalue weighted by Gasteiger charge is 2.38. The maximum Gasteiger partial charge on any atom is 0.223 e. The highest BCUT2D eigenvalue weighted by molar-refractivity contribution is 4.92. The lowest BCUT2D eigenvalue weighted by atomic mass is 9.84. The molecule has 0 radical (unpaired) electrons. The zero-order valence-electron chi connectivity index (χ0n) is 11.4. The minimum Gasteiger partial charge on any atom is -0.381 e. The summed E-state index contributed by atoms with van der Waals surface area (Å²) < 4.78 is 16.4. The molecule has 19 heavy (non-hydrogen) atoms. The Morgan fingerprint density at radius 2 is 2.16 bits per heavy atom. The second-order valence-corrected chi connectivity index (χ2v) is 5.44. The van der Waals surface area contributed by atoms with Crippen LogP contribution in [0.2, 0.25) is 0 Å². The molecule has 1 N–H and O–H groups in total. The highest BCUT2D eigenvalue weighted by Crippen LogP contribution is 2.34. The standard InChI is InChI=1S/C13H21N3O3/c1-10-15-12(16-19-10)9-14-11-2-5-18-13(8-11)3-6-17-7-4-13/h11,14H,2-9H2,1H3. The number of ether oxygens (including phenoxy) is 2. The van der Waals surface area contributed by atoms with Crippen molar-refractivity contribution >= 4 is 0 Å². The zero-order chi connectivity index (χ0) is 13.1. The number of rotatable bonds is 3. The SMILES string of the molecule is Cc1nc(CNC2CCOC3(CCOCC3)C2)no1. The maximum atomic E-state index is 6.02. The van der Waals surface area contributed by atoms with Crippen LogP contribution in [0.15, 0.2) is 4.52 Å². The Hall–Kier alpha value is -0.980. The van der Waals surface area contributed by atoms with Crippen molar-refractivity contribution in [3.05, 3.63) is 11.7 Å². The molecular weight excluding hydrogens is 246 g/mol. The van der Waals surface area contributed by atoms with Crippen LogP contribution >= 0.6 is 0 Å². The van der Waals surface area contributed by atoms with E-state index in [0.717, 1.165) is 51.3 Å². The lowest BCUT2D eigenvalue weighted by Crippen LogP contribution is -2.49. The molecule has 1 aromatic rings. The molecule has 1 unspecified atom stereocenters. The average Bonchev–Trinajstić information content (AvgIpc) is 2.83. The normalized spacial score (nSPS) is 26.7. The minimum absolute atomic E-state index is 0.0291. The van der Waals surface area contributed by atoms with E-state index in [-0.39, 0.29) is 5.60 Å². The van der Waals surface area contributed by atoms with Crippen LogP contribution in [0.5, 0.6) is 0 Å². The van der Waals surface area contributed by atoms with E-state index < -0.39 is 0 Å². The van der Waals surface area contributed by atoms with E-state index in [0.29, 0.717) is 18.5 Å². The van der Waals surface area contributed by atoms with E-state index in [1.165, 1.54) is 0 Å². The molecule has 1 spiro atoms. The molecule has 2 saturated heterocycles. The fourth-order valence-electron chi connectivity index (χ4n) is 2.94. The number of nitrogens with one attached hydrogen (secondary N) is 1. The summed E-state index contributed by atoms with van der Waals surface area (Å²) in [6, 6.07) is 0.464. The summed E-state index contributed by atoms with van der Waals surface area (Å²) in [7, 11) is 0. The van der Waals surface area contributed by atoms with Gasteiger partial charge >= 0.3 is 0 Å². The number of hydrogen-bond donors (Lipinski definition) is 1. The van der Waals surface area contributed by atoms with Gasteiger partial charge < -0.3 is 19.3 Å². The first-order valence-corrected chi connectivity index (χ1v) is 7.00. The van der Waals surface area contributed by atoms with Gasteiger partial charge in [-0.2, -0.15) is 4.98 Å². The lowest BCUT2D eigenvalue weighted by Gasteiger charge is -2.43. The largest absolute Gasteiger partial charge is 0.381 e. The lowest BCUT2D eigenvalue weighted by molar-refractivity contribution is -0.140. The van der Waals surface area contributed by atoms with Crippen LogP contribution in [0.1, 0.15) is 37.4 Å². The molecule has 0 amide bonds. The quantitative estimate of drug-likeness (QED) is 0.887. The Balaban J connectivity index is 1.53. The molecular formula is C13H21N3O3. The summed E-state index contributed by atoms with van der Waals surface area (Å²) in [5.74, 6) is 1.34. The van der Waals surface area contributed by atoms with Gasteiger partial charge in [0.2, 0.25) is 5.89 Å². The van der Waals surface area contributed by atoms with Crippen LogP contribution in [0, 0.1) is 6.92 Å². The van der Waals surface area contributed by atoms with Crippen molar-refractivity contribution in [1.29, 1.82) is 0 Å². The molecule has 2 aliphatic rings. The Labute approximate surface area is 112 Å². The molecule has 0 aromatic carbocycles. The fraction of sp³-hybridized carbons (Fsp3) is 0.846.